The van der Waals surface area contributed by atoms with Crippen molar-refractivity contribution in [2.24, 2.45) is 5.41 Å². The zero-order chi connectivity index (χ0) is 17.3. The smallest absolute Gasteiger partial charge is 0.253 e. The van der Waals surface area contributed by atoms with Crippen molar-refractivity contribution >= 4 is 11.8 Å². The number of aromatic nitrogens is 1. The maximum absolute atomic E-state index is 13.3. The largest absolute Gasteiger partial charge is 0.339 e. The van der Waals surface area contributed by atoms with Crippen molar-refractivity contribution < 1.29 is 9.59 Å². The van der Waals surface area contributed by atoms with Crippen molar-refractivity contribution in [1.29, 1.82) is 0 Å². The molecule has 2 amide bonds. The molecule has 1 spiro atoms. The molecule has 134 valence electrons. The van der Waals surface area contributed by atoms with Gasteiger partial charge in [0.1, 0.15) is 0 Å². The Labute approximate surface area is 149 Å². The van der Waals surface area contributed by atoms with Crippen LogP contribution in [0.5, 0.6) is 0 Å². The molecule has 1 saturated carbocycles. The standard InChI is InChI=1S/C20H27N3O2/c24-18(16-7-11-21-12-8-16)22-14-10-20(15-22)9-4-13-23(19(20)25)17-5-2-1-3-6-17/h7-8,11-12,17H,1-6,9-10,13-15H2/t20-/m1/s1. The molecule has 2 saturated heterocycles. The summed E-state index contributed by atoms with van der Waals surface area (Å²) >= 11 is 0. The zero-order valence-electron chi connectivity index (χ0n) is 14.8. The second-order valence-corrected chi connectivity index (χ2v) is 7.89. The van der Waals surface area contributed by atoms with Crippen molar-refractivity contribution in [2.45, 2.75) is 57.4 Å². The van der Waals surface area contributed by atoms with Gasteiger partial charge in [-0.05, 0) is 44.2 Å². The lowest BCUT2D eigenvalue weighted by Crippen LogP contribution is -2.54. The highest BCUT2D eigenvalue weighted by Gasteiger charge is 2.50. The molecule has 25 heavy (non-hydrogen) atoms. The molecule has 0 N–H and O–H groups in total. The van der Waals surface area contributed by atoms with Crippen LogP contribution in [0, 0.1) is 5.41 Å². The van der Waals surface area contributed by atoms with E-state index in [1.807, 2.05) is 4.90 Å². The van der Waals surface area contributed by atoms with Crippen molar-refractivity contribution in [2.75, 3.05) is 19.6 Å². The lowest BCUT2D eigenvalue weighted by atomic mass is 9.77. The summed E-state index contributed by atoms with van der Waals surface area (Å²) in [5.74, 6) is 0.345. The molecule has 0 bridgehead atoms. The van der Waals surface area contributed by atoms with Crippen LogP contribution in [0.1, 0.15) is 61.7 Å². The molecule has 3 fully saturated rings. The average Bonchev–Trinajstić information content (AvgIpc) is 3.10. The maximum Gasteiger partial charge on any atom is 0.253 e. The predicted molar refractivity (Wildman–Crippen MR) is 95.0 cm³/mol. The van der Waals surface area contributed by atoms with E-state index in [4.69, 9.17) is 0 Å². The average molecular weight is 341 g/mol. The summed E-state index contributed by atoms with van der Waals surface area (Å²) in [6, 6.07) is 3.94. The van der Waals surface area contributed by atoms with Crippen LogP contribution >= 0.6 is 0 Å². The van der Waals surface area contributed by atoms with Gasteiger partial charge in [-0.15, -0.1) is 0 Å². The number of pyridine rings is 1. The van der Waals surface area contributed by atoms with Crippen LogP contribution in [0.4, 0.5) is 0 Å². The van der Waals surface area contributed by atoms with Gasteiger partial charge in [-0.25, -0.2) is 0 Å². The lowest BCUT2D eigenvalue weighted by molar-refractivity contribution is -0.149. The van der Waals surface area contributed by atoms with Gasteiger partial charge in [-0.2, -0.15) is 0 Å². The molecule has 5 nitrogen and oxygen atoms in total. The van der Waals surface area contributed by atoms with E-state index in [0.29, 0.717) is 30.6 Å². The molecule has 1 aromatic rings. The summed E-state index contributed by atoms with van der Waals surface area (Å²) in [4.78, 5) is 34.1. The van der Waals surface area contributed by atoms with Crippen LogP contribution in [0.3, 0.4) is 0 Å². The maximum atomic E-state index is 13.3. The Morgan fingerprint density at radius 2 is 1.80 bits per heavy atom. The highest BCUT2D eigenvalue weighted by atomic mass is 16.2. The van der Waals surface area contributed by atoms with Crippen molar-refractivity contribution in [3.63, 3.8) is 0 Å². The van der Waals surface area contributed by atoms with Gasteiger partial charge < -0.3 is 9.80 Å². The third-order valence-corrected chi connectivity index (χ3v) is 6.35. The number of nitrogens with zero attached hydrogens (tertiary/aromatic N) is 3. The van der Waals surface area contributed by atoms with Crippen molar-refractivity contribution in [1.82, 2.24) is 14.8 Å². The molecule has 4 rings (SSSR count). The van der Waals surface area contributed by atoms with Gasteiger partial charge in [0.25, 0.3) is 5.91 Å². The number of amides is 2. The highest BCUT2D eigenvalue weighted by Crippen LogP contribution is 2.42. The third kappa shape index (κ3) is 3.05. The first-order valence-electron chi connectivity index (χ1n) is 9.70. The SMILES string of the molecule is O=C(c1ccncc1)N1CC[C@]2(CCCN(C3CCCCC3)C2=O)C1. The fraction of sp³-hybridized carbons (Fsp3) is 0.650. The molecule has 5 heteroatoms. The Morgan fingerprint density at radius 3 is 2.56 bits per heavy atom. The van der Waals surface area contributed by atoms with Gasteiger partial charge in [0.15, 0.2) is 0 Å². The second-order valence-electron chi connectivity index (χ2n) is 7.89. The van der Waals surface area contributed by atoms with E-state index in [9.17, 15) is 9.59 Å². The Morgan fingerprint density at radius 1 is 1.04 bits per heavy atom. The first kappa shape index (κ1) is 16.6. The van der Waals surface area contributed by atoms with Crippen molar-refractivity contribution in [3.8, 4) is 0 Å². The summed E-state index contributed by atoms with van der Waals surface area (Å²) in [6.45, 7) is 2.17. The van der Waals surface area contributed by atoms with E-state index in [1.165, 1.54) is 19.3 Å². The number of piperidine rings is 1. The normalized spacial score (nSPS) is 27.9. The molecule has 3 aliphatic rings. The molecule has 1 aliphatic carbocycles. The fourth-order valence-corrected chi connectivity index (χ4v) is 4.94. The van der Waals surface area contributed by atoms with Crippen LogP contribution in [0.25, 0.3) is 0 Å². The first-order valence-corrected chi connectivity index (χ1v) is 9.70. The Bertz CT molecular complexity index is 642. The number of hydrogen-bond acceptors (Lipinski definition) is 3. The number of hydrogen-bond donors (Lipinski definition) is 0. The topological polar surface area (TPSA) is 53.5 Å². The van der Waals surface area contributed by atoms with Crippen molar-refractivity contribution in [3.05, 3.63) is 30.1 Å². The minimum absolute atomic E-state index is 0.0295. The van der Waals surface area contributed by atoms with Crippen LogP contribution in [0.2, 0.25) is 0 Å². The number of carbonyl (C=O) groups excluding carboxylic acids is 2. The molecular weight excluding hydrogens is 314 g/mol. The minimum atomic E-state index is -0.335. The van der Waals surface area contributed by atoms with Gasteiger partial charge in [-0.3, -0.25) is 14.6 Å². The van der Waals surface area contributed by atoms with E-state index in [1.54, 1.807) is 24.5 Å². The predicted octanol–water partition coefficient (Wildman–Crippen LogP) is 2.87. The lowest BCUT2D eigenvalue weighted by Gasteiger charge is -2.44. The number of carbonyl (C=O) groups is 2. The second kappa shape index (κ2) is 6.77. The Hall–Kier alpha value is -1.91. The molecule has 1 atom stereocenters. The first-order chi connectivity index (χ1) is 12.2. The molecule has 1 aromatic heterocycles. The van der Waals surface area contributed by atoms with Gasteiger partial charge in [0, 0.05) is 43.6 Å². The van der Waals surface area contributed by atoms with Crippen LogP contribution in [-0.2, 0) is 4.79 Å². The fourth-order valence-electron chi connectivity index (χ4n) is 4.94. The molecule has 0 unspecified atom stereocenters. The van der Waals surface area contributed by atoms with Gasteiger partial charge in [0.2, 0.25) is 5.91 Å². The molecular formula is C20H27N3O2. The third-order valence-electron chi connectivity index (χ3n) is 6.35. The summed E-state index contributed by atoms with van der Waals surface area (Å²) < 4.78 is 0. The van der Waals surface area contributed by atoms with Gasteiger partial charge >= 0.3 is 0 Å². The Balaban J connectivity index is 1.48. The molecule has 0 aromatic carbocycles. The quantitative estimate of drug-likeness (QED) is 0.831. The van der Waals surface area contributed by atoms with E-state index in [2.05, 4.69) is 9.88 Å². The van der Waals surface area contributed by atoms with E-state index < -0.39 is 0 Å². The number of rotatable bonds is 2. The highest BCUT2D eigenvalue weighted by molar-refractivity contribution is 5.95. The van der Waals surface area contributed by atoms with Gasteiger partial charge in [0.05, 0.1) is 5.41 Å². The monoisotopic (exact) mass is 341 g/mol. The van der Waals surface area contributed by atoms with E-state index >= 15 is 0 Å². The Kier molecular flexibility index (Phi) is 4.48. The summed E-state index contributed by atoms with van der Waals surface area (Å²) in [5.41, 5.74) is 0.331. The van der Waals surface area contributed by atoms with Crippen LogP contribution in [-0.4, -0.2) is 52.3 Å². The summed E-state index contributed by atoms with van der Waals surface area (Å²) in [6.07, 6.45) is 12.2. The van der Waals surface area contributed by atoms with E-state index in [-0.39, 0.29) is 11.3 Å². The van der Waals surface area contributed by atoms with Crippen LogP contribution in [0.15, 0.2) is 24.5 Å². The van der Waals surface area contributed by atoms with E-state index in [0.717, 1.165) is 38.6 Å². The molecule has 2 aliphatic heterocycles. The summed E-state index contributed by atoms with van der Waals surface area (Å²) in [5, 5.41) is 0. The molecule has 3 heterocycles. The van der Waals surface area contributed by atoms with Gasteiger partial charge in [-0.1, -0.05) is 19.3 Å². The minimum Gasteiger partial charge on any atom is -0.339 e. The number of likely N-dealkylation sites (tertiary alicyclic amines) is 2. The zero-order valence-corrected chi connectivity index (χ0v) is 14.8. The summed E-state index contributed by atoms with van der Waals surface area (Å²) in [7, 11) is 0. The van der Waals surface area contributed by atoms with Crippen LogP contribution < -0.4 is 0 Å². The molecule has 0 radical (unpaired) electrons.